The Morgan fingerprint density at radius 3 is 2.14 bits per heavy atom. The number of rotatable bonds is 8. The Kier molecular flexibility index (Phi) is 7.23. The summed E-state index contributed by atoms with van der Waals surface area (Å²) in [5.74, 6) is 0.695. The van der Waals surface area contributed by atoms with Gasteiger partial charge >= 0.3 is 0 Å². The van der Waals surface area contributed by atoms with E-state index in [2.05, 4.69) is 19.1 Å². The van der Waals surface area contributed by atoms with Crippen LogP contribution < -0.4 is 9.64 Å². The molecule has 0 aliphatic rings. The molecule has 0 spiro atoms. The highest BCUT2D eigenvalue weighted by Crippen LogP contribution is 2.27. The average Bonchev–Trinajstić information content (AvgIpc) is 2.79. The molecule has 3 aromatic rings. The zero-order valence-corrected chi connectivity index (χ0v) is 17.0. The lowest BCUT2D eigenvalue weighted by Crippen LogP contribution is -2.35. The number of carbonyl (C=O) groups excluding carboxylic acids is 1. The summed E-state index contributed by atoms with van der Waals surface area (Å²) in [5, 5.41) is 0. The Balaban J connectivity index is 1.88. The van der Waals surface area contributed by atoms with Crippen molar-refractivity contribution in [3.63, 3.8) is 0 Å². The first kappa shape index (κ1) is 20.4. The number of nitrogens with zero attached hydrogens (tertiary/aromatic N) is 1. The molecule has 0 saturated carbocycles. The average molecular weight is 386 g/mol. The monoisotopic (exact) mass is 385 g/mol. The molecule has 0 N–H and O–H groups in total. The van der Waals surface area contributed by atoms with E-state index in [1.54, 1.807) is 7.11 Å². The van der Waals surface area contributed by atoms with Gasteiger partial charge in [0.05, 0.1) is 13.0 Å². The van der Waals surface area contributed by atoms with Crippen LogP contribution in [0.25, 0.3) is 6.08 Å². The Labute approximate surface area is 173 Å². The summed E-state index contributed by atoms with van der Waals surface area (Å²) in [5.41, 5.74) is 3.03. The first-order valence-electron chi connectivity index (χ1n) is 9.95. The third-order valence-corrected chi connectivity index (χ3v) is 4.96. The van der Waals surface area contributed by atoms with Crippen molar-refractivity contribution in [2.24, 2.45) is 0 Å². The van der Waals surface area contributed by atoms with Gasteiger partial charge in [-0.2, -0.15) is 0 Å². The van der Waals surface area contributed by atoms with E-state index >= 15 is 0 Å². The van der Waals surface area contributed by atoms with Crippen LogP contribution in [0.2, 0.25) is 0 Å². The quantitative estimate of drug-likeness (QED) is 0.480. The van der Waals surface area contributed by atoms with Crippen molar-refractivity contribution in [3.05, 3.63) is 102 Å². The van der Waals surface area contributed by atoms with E-state index in [9.17, 15) is 4.79 Å². The first-order valence-corrected chi connectivity index (χ1v) is 9.95. The first-order chi connectivity index (χ1) is 14.2. The van der Waals surface area contributed by atoms with Gasteiger partial charge in [0.1, 0.15) is 5.75 Å². The summed E-state index contributed by atoms with van der Waals surface area (Å²) in [6, 6.07) is 27.8. The van der Waals surface area contributed by atoms with Gasteiger partial charge in [-0.15, -0.1) is 0 Å². The summed E-state index contributed by atoms with van der Waals surface area (Å²) in [7, 11) is 1.64. The maximum Gasteiger partial charge on any atom is 0.234 e. The van der Waals surface area contributed by atoms with Crippen LogP contribution in [0.3, 0.4) is 0 Å². The number of carbonyl (C=O) groups is 1. The topological polar surface area (TPSA) is 29.5 Å². The molecule has 0 radical (unpaired) electrons. The van der Waals surface area contributed by atoms with Gasteiger partial charge in [0.15, 0.2) is 0 Å². The van der Waals surface area contributed by atoms with Crippen molar-refractivity contribution in [2.75, 3.05) is 18.6 Å². The highest BCUT2D eigenvalue weighted by atomic mass is 16.5. The molecule has 0 saturated heterocycles. The summed E-state index contributed by atoms with van der Waals surface area (Å²) >= 11 is 0. The predicted molar refractivity (Wildman–Crippen MR) is 120 cm³/mol. The number of methoxy groups -OCH3 is 1. The highest BCUT2D eigenvalue weighted by Gasteiger charge is 2.25. The summed E-state index contributed by atoms with van der Waals surface area (Å²) in [6.07, 6.45) is 4.83. The Hall–Kier alpha value is -3.33. The van der Waals surface area contributed by atoms with Crippen LogP contribution in [0.4, 0.5) is 5.69 Å². The molecular formula is C26H27NO2. The summed E-state index contributed by atoms with van der Waals surface area (Å²) in [4.78, 5) is 15.4. The molecule has 148 valence electrons. The third-order valence-electron chi connectivity index (χ3n) is 4.96. The maximum absolute atomic E-state index is 13.5. The van der Waals surface area contributed by atoms with Crippen LogP contribution in [-0.4, -0.2) is 19.6 Å². The van der Waals surface area contributed by atoms with Crippen molar-refractivity contribution in [3.8, 4) is 5.75 Å². The van der Waals surface area contributed by atoms with Gasteiger partial charge < -0.3 is 9.64 Å². The second-order valence-electron chi connectivity index (χ2n) is 6.83. The van der Waals surface area contributed by atoms with Gasteiger partial charge in [-0.1, -0.05) is 79.7 Å². The molecule has 1 unspecified atom stereocenters. The number of amides is 1. The van der Waals surface area contributed by atoms with Gasteiger partial charge in [-0.05, 0) is 41.8 Å². The molecule has 0 aliphatic carbocycles. The van der Waals surface area contributed by atoms with Gasteiger partial charge in [0.25, 0.3) is 0 Å². The largest absolute Gasteiger partial charge is 0.497 e. The Morgan fingerprint density at radius 2 is 1.55 bits per heavy atom. The number of hydrogen-bond acceptors (Lipinski definition) is 2. The number of hydrogen-bond donors (Lipinski definition) is 0. The maximum atomic E-state index is 13.5. The third kappa shape index (κ3) is 5.35. The van der Waals surface area contributed by atoms with Crippen molar-refractivity contribution < 1.29 is 9.53 Å². The second kappa shape index (κ2) is 10.3. The fourth-order valence-corrected chi connectivity index (χ4v) is 3.37. The molecule has 0 aliphatic heterocycles. The van der Waals surface area contributed by atoms with E-state index in [1.165, 1.54) is 0 Å². The van der Waals surface area contributed by atoms with Crippen molar-refractivity contribution in [2.45, 2.75) is 19.3 Å². The molecule has 3 heteroatoms. The highest BCUT2D eigenvalue weighted by molar-refractivity contribution is 5.98. The molecular weight excluding hydrogens is 358 g/mol. The normalized spacial score (nSPS) is 11.9. The van der Waals surface area contributed by atoms with Crippen molar-refractivity contribution >= 4 is 17.7 Å². The van der Waals surface area contributed by atoms with Crippen LogP contribution in [0.15, 0.2) is 91.0 Å². The van der Waals surface area contributed by atoms with Crippen LogP contribution in [-0.2, 0) is 4.79 Å². The predicted octanol–water partition coefficient (Wildman–Crippen LogP) is 5.94. The van der Waals surface area contributed by atoms with E-state index in [-0.39, 0.29) is 11.8 Å². The summed E-state index contributed by atoms with van der Waals surface area (Å²) < 4.78 is 5.27. The van der Waals surface area contributed by atoms with Crippen LogP contribution >= 0.6 is 0 Å². The molecule has 0 bridgehead atoms. The van der Waals surface area contributed by atoms with E-state index in [4.69, 9.17) is 4.74 Å². The fraction of sp³-hybridized carbons (Fsp3) is 0.192. The molecule has 1 atom stereocenters. The lowest BCUT2D eigenvalue weighted by Gasteiger charge is -2.26. The van der Waals surface area contributed by atoms with E-state index < -0.39 is 0 Å². The molecule has 29 heavy (non-hydrogen) atoms. The number of ether oxygens (including phenoxy) is 1. The molecule has 3 nitrogen and oxygen atoms in total. The lowest BCUT2D eigenvalue weighted by atomic mass is 9.94. The van der Waals surface area contributed by atoms with Crippen LogP contribution in [0.1, 0.15) is 30.4 Å². The van der Waals surface area contributed by atoms with E-state index in [0.717, 1.165) is 29.0 Å². The smallest absolute Gasteiger partial charge is 0.234 e. The van der Waals surface area contributed by atoms with E-state index in [0.29, 0.717) is 6.54 Å². The molecule has 3 rings (SSSR count). The molecule has 0 fully saturated rings. The summed E-state index contributed by atoms with van der Waals surface area (Å²) in [6.45, 7) is 2.56. The fourth-order valence-electron chi connectivity index (χ4n) is 3.37. The lowest BCUT2D eigenvalue weighted by molar-refractivity contribution is -0.120. The van der Waals surface area contributed by atoms with Crippen molar-refractivity contribution in [1.82, 2.24) is 0 Å². The zero-order chi connectivity index (χ0) is 20.5. The zero-order valence-electron chi connectivity index (χ0n) is 17.0. The number of benzene rings is 3. The Morgan fingerprint density at radius 1 is 0.931 bits per heavy atom. The van der Waals surface area contributed by atoms with Gasteiger partial charge in [0, 0.05) is 12.2 Å². The Bertz CT molecular complexity index is 918. The van der Waals surface area contributed by atoms with Gasteiger partial charge in [0.2, 0.25) is 5.91 Å². The minimum absolute atomic E-state index is 0.0987. The minimum Gasteiger partial charge on any atom is -0.497 e. The molecule has 1 amide bonds. The van der Waals surface area contributed by atoms with Gasteiger partial charge in [-0.25, -0.2) is 0 Å². The molecule has 0 heterocycles. The van der Waals surface area contributed by atoms with Gasteiger partial charge in [-0.3, -0.25) is 4.79 Å². The second-order valence-corrected chi connectivity index (χ2v) is 6.83. The number of anilines is 1. The minimum atomic E-state index is -0.177. The molecule has 0 aromatic heterocycles. The standard InChI is InChI=1S/C26H27NO2/c1-3-25(22-14-8-5-9-15-22)26(28)27(23-16-18-24(29-2)19-17-23)20-10-13-21-11-6-4-7-12-21/h4-19,25H,3,20H2,1-2H3/b13-10+. The van der Waals surface area contributed by atoms with Crippen molar-refractivity contribution in [1.29, 1.82) is 0 Å². The van der Waals surface area contributed by atoms with E-state index in [1.807, 2.05) is 89.8 Å². The van der Waals surface area contributed by atoms with Crippen LogP contribution in [0, 0.1) is 0 Å². The molecule has 3 aromatic carbocycles. The van der Waals surface area contributed by atoms with Crippen LogP contribution in [0.5, 0.6) is 5.75 Å². The SMILES string of the molecule is CCC(C(=O)N(C/C=C/c1ccccc1)c1ccc(OC)cc1)c1ccccc1.